The summed E-state index contributed by atoms with van der Waals surface area (Å²) in [5, 5.41) is 13.4. The van der Waals surface area contributed by atoms with E-state index in [-0.39, 0.29) is 5.75 Å². The highest BCUT2D eigenvalue weighted by Crippen LogP contribution is 2.22. The molecule has 0 bridgehead atoms. The van der Waals surface area contributed by atoms with Gasteiger partial charge in [0.05, 0.1) is 11.9 Å². The summed E-state index contributed by atoms with van der Waals surface area (Å²) in [5.74, 6) is 0.238. The van der Waals surface area contributed by atoms with Crippen LogP contribution in [0.1, 0.15) is 11.3 Å². The molecule has 1 aromatic heterocycles. The second-order valence-corrected chi connectivity index (χ2v) is 4.25. The molecule has 0 saturated carbocycles. The average Bonchev–Trinajstić information content (AvgIpc) is 2.32. The lowest BCUT2D eigenvalue weighted by Gasteiger charge is -2.08. The maximum Gasteiger partial charge on any atom is 0.120 e. The quantitative estimate of drug-likeness (QED) is 0.876. The smallest absolute Gasteiger partial charge is 0.120 e. The Labute approximate surface area is 105 Å². The third kappa shape index (κ3) is 3.11. The first-order valence-electron chi connectivity index (χ1n) is 5.29. The van der Waals surface area contributed by atoms with E-state index in [2.05, 4.69) is 10.3 Å². The Hall–Kier alpha value is -1.74. The van der Waals surface area contributed by atoms with Crippen molar-refractivity contribution in [1.82, 2.24) is 4.98 Å². The van der Waals surface area contributed by atoms with Gasteiger partial charge >= 0.3 is 0 Å². The van der Waals surface area contributed by atoms with Crippen LogP contribution in [0, 0.1) is 6.92 Å². The largest absolute Gasteiger partial charge is 0.508 e. The minimum absolute atomic E-state index is 0.238. The number of aryl methyl sites for hydroxylation is 1. The van der Waals surface area contributed by atoms with Crippen LogP contribution in [0.25, 0.3) is 0 Å². The van der Waals surface area contributed by atoms with Gasteiger partial charge < -0.3 is 10.4 Å². The summed E-state index contributed by atoms with van der Waals surface area (Å²) in [6.45, 7) is 2.45. The minimum atomic E-state index is 0.238. The molecule has 2 rings (SSSR count). The van der Waals surface area contributed by atoms with Gasteiger partial charge in [0.15, 0.2) is 0 Å². The number of halogens is 1. The van der Waals surface area contributed by atoms with Gasteiger partial charge in [-0.1, -0.05) is 11.6 Å². The molecule has 4 heteroatoms. The zero-order valence-corrected chi connectivity index (χ0v) is 10.2. The summed E-state index contributed by atoms with van der Waals surface area (Å²) in [7, 11) is 0. The van der Waals surface area contributed by atoms with Crippen molar-refractivity contribution in [3.8, 4) is 5.75 Å². The second-order valence-electron chi connectivity index (χ2n) is 3.81. The molecule has 1 aromatic carbocycles. The molecule has 0 fully saturated rings. The Bertz CT molecular complexity index is 511. The van der Waals surface area contributed by atoms with Crippen LogP contribution in [-0.4, -0.2) is 10.1 Å². The molecule has 2 aromatic rings. The summed E-state index contributed by atoms with van der Waals surface area (Å²) >= 11 is 5.87. The van der Waals surface area contributed by atoms with Crippen molar-refractivity contribution < 1.29 is 5.11 Å². The molecule has 0 atom stereocenters. The molecular formula is C13H13ClN2O. The summed E-state index contributed by atoms with van der Waals surface area (Å²) in [6.07, 6.45) is 1.76. The Morgan fingerprint density at radius 3 is 2.82 bits per heavy atom. The number of phenolic OH excluding ortho intramolecular Hbond substituents is 1. The highest BCUT2D eigenvalue weighted by molar-refractivity contribution is 6.30. The third-order valence-electron chi connectivity index (χ3n) is 2.44. The summed E-state index contributed by atoms with van der Waals surface area (Å²) in [4.78, 5) is 4.18. The molecule has 0 saturated heterocycles. The fraction of sp³-hybridized carbons (Fsp3) is 0.154. The van der Waals surface area contributed by atoms with Crippen molar-refractivity contribution in [2.45, 2.75) is 13.5 Å². The predicted octanol–water partition coefficient (Wildman–Crippen LogP) is 3.36. The number of pyridine rings is 1. The van der Waals surface area contributed by atoms with Crippen LogP contribution in [0.4, 0.5) is 5.69 Å². The monoisotopic (exact) mass is 248 g/mol. The van der Waals surface area contributed by atoms with Crippen LogP contribution >= 0.6 is 11.6 Å². The van der Waals surface area contributed by atoms with E-state index >= 15 is 0 Å². The number of hydrogen-bond acceptors (Lipinski definition) is 3. The summed E-state index contributed by atoms with van der Waals surface area (Å²) in [5.41, 5.74) is 2.65. The lowest BCUT2D eigenvalue weighted by molar-refractivity contribution is 0.469. The number of aromatic nitrogens is 1. The van der Waals surface area contributed by atoms with Crippen molar-refractivity contribution in [2.24, 2.45) is 0 Å². The van der Waals surface area contributed by atoms with Crippen LogP contribution in [0.15, 0.2) is 36.5 Å². The number of nitrogens with zero attached hydrogens (tertiary/aromatic N) is 1. The third-order valence-corrected chi connectivity index (χ3v) is 2.67. The molecule has 2 N–H and O–H groups in total. The first-order valence-corrected chi connectivity index (χ1v) is 5.67. The predicted molar refractivity (Wildman–Crippen MR) is 69.4 cm³/mol. The van der Waals surface area contributed by atoms with Gasteiger partial charge in [0, 0.05) is 22.8 Å². The highest BCUT2D eigenvalue weighted by Gasteiger charge is 2.02. The fourth-order valence-electron chi connectivity index (χ4n) is 1.47. The van der Waals surface area contributed by atoms with Crippen LogP contribution in [-0.2, 0) is 6.54 Å². The molecule has 0 aliphatic rings. The van der Waals surface area contributed by atoms with Crippen molar-refractivity contribution in [3.05, 3.63) is 52.8 Å². The van der Waals surface area contributed by atoms with Crippen LogP contribution in [0.3, 0.4) is 0 Å². The molecule has 0 aliphatic heterocycles. The molecule has 0 radical (unpaired) electrons. The average molecular weight is 249 g/mol. The number of rotatable bonds is 3. The molecule has 1 heterocycles. The minimum Gasteiger partial charge on any atom is -0.508 e. The normalized spacial score (nSPS) is 10.2. The summed E-state index contributed by atoms with van der Waals surface area (Å²) in [6, 6.07) is 8.87. The fourth-order valence-corrected chi connectivity index (χ4v) is 1.66. The molecule has 0 spiro atoms. The summed E-state index contributed by atoms with van der Waals surface area (Å²) < 4.78 is 0. The van der Waals surface area contributed by atoms with Gasteiger partial charge in [-0.2, -0.15) is 0 Å². The van der Waals surface area contributed by atoms with Gasteiger partial charge in [-0.15, -0.1) is 0 Å². The molecule has 0 amide bonds. The van der Waals surface area contributed by atoms with Gasteiger partial charge in [0.2, 0.25) is 0 Å². The van der Waals surface area contributed by atoms with Crippen molar-refractivity contribution in [2.75, 3.05) is 5.32 Å². The number of hydrogen-bond donors (Lipinski definition) is 2. The number of benzene rings is 1. The first kappa shape index (κ1) is 11.7. The zero-order chi connectivity index (χ0) is 12.3. The Balaban J connectivity index is 2.07. The van der Waals surface area contributed by atoms with Gasteiger partial charge in [-0.3, -0.25) is 4.98 Å². The Morgan fingerprint density at radius 2 is 2.12 bits per heavy atom. The first-order chi connectivity index (χ1) is 8.15. The van der Waals surface area contributed by atoms with Gasteiger partial charge in [0.25, 0.3) is 0 Å². The van der Waals surface area contributed by atoms with E-state index < -0.39 is 0 Å². The van der Waals surface area contributed by atoms with E-state index in [4.69, 9.17) is 11.6 Å². The van der Waals surface area contributed by atoms with Crippen LogP contribution in [0.5, 0.6) is 5.75 Å². The zero-order valence-electron chi connectivity index (χ0n) is 9.44. The molecule has 17 heavy (non-hydrogen) atoms. The highest BCUT2D eigenvalue weighted by atomic mass is 35.5. The van der Waals surface area contributed by atoms with Crippen molar-refractivity contribution in [1.29, 1.82) is 0 Å². The number of aromatic hydroxyl groups is 1. The van der Waals surface area contributed by atoms with Crippen molar-refractivity contribution in [3.63, 3.8) is 0 Å². The number of anilines is 1. The molecule has 88 valence electrons. The maximum absolute atomic E-state index is 9.64. The van der Waals surface area contributed by atoms with Gasteiger partial charge in [-0.25, -0.2) is 0 Å². The van der Waals surface area contributed by atoms with Gasteiger partial charge in [-0.05, 0) is 37.3 Å². The van der Waals surface area contributed by atoms with Crippen LogP contribution in [0.2, 0.25) is 5.02 Å². The lowest BCUT2D eigenvalue weighted by Crippen LogP contribution is -2.00. The lowest BCUT2D eigenvalue weighted by atomic mass is 10.2. The van der Waals surface area contributed by atoms with E-state index in [1.807, 2.05) is 19.1 Å². The Kier molecular flexibility index (Phi) is 3.49. The number of nitrogens with one attached hydrogen (secondary N) is 1. The Morgan fingerprint density at radius 1 is 1.29 bits per heavy atom. The number of phenols is 1. The maximum atomic E-state index is 9.64. The van der Waals surface area contributed by atoms with E-state index in [9.17, 15) is 5.11 Å². The van der Waals surface area contributed by atoms with Gasteiger partial charge in [0.1, 0.15) is 5.75 Å². The van der Waals surface area contributed by atoms with Crippen LogP contribution < -0.4 is 5.32 Å². The molecule has 0 unspecified atom stereocenters. The molecular weight excluding hydrogens is 236 g/mol. The topological polar surface area (TPSA) is 45.1 Å². The van der Waals surface area contributed by atoms with E-state index in [0.29, 0.717) is 11.6 Å². The SMILES string of the molecule is Cc1ccc(NCc2cc(Cl)ccc2O)cn1. The van der Waals surface area contributed by atoms with E-state index in [0.717, 1.165) is 16.9 Å². The van der Waals surface area contributed by atoms with E-state index in [1.165, 1.54) is 0 Å². The molecule has 0 aliphatic carbocycles. The molecule has 3 nitrogen and oxygen atoms in total. The van der Waals surface area contributed by atoms with E-state index in [1.54, 1.807) is 24.4 Å². The standard InChI is InChI=1S/C13H13ClN2O/c1-9-2-4-12(8-15-9)16-7-10-6-11(14)3-5-13(10)17/h2-6,8,16-17H,7H2,1H3. The second kappa shape index (κ2) is 5.06. The van der Waals surface area contributed by atoms with Crippen molar-refractivity contribution >= 4 is 17.3 Å².